The van der Waals surface area contributed by atoms with Crippen molar-refractivity contribution >= 4 is 16.0 Å². The lowest BCUT2D eigenvalue weighted by molar-refractivity contribution is 0.0600. The van der Waals surface area contributed by atoms with Crippen molar-refractivity contribution in [1.82, 2.24) is 10.0 Å². The summed E-state index contributed by atoms with van der Waals surface area (Å²) < 4.78 is 32.2. The molecule has 6 nitrogen and oxygen atoms in total. The lowest BCUT2D eigenvalue weighted by Gasteiger charge is -2.34. The maximum Gasteiger partial charge on any atom is 0.337 e. The number of nitrogens with one attached hydrogen (secondary N) is 2. The Balaban J connectivity index is 2.17. The minimum absolute atomic E-state index is 0.148. The van der Waals surface area contributed by atoms with Crippen molar-refractivity contribution in [3.05, 3.63) is 29.8 Å². The molecule has 0 unspecified atom stereocenters. The van der Waals surface area contributed by atoms with Crippen LogP contribution in [0.15, 0.2) is 29.2 Å². The van der Waals surface area contributed by atoms with Gasteiger partial charge in [-0.1, -0.05) is 0 Å². The van der Waals surface area contributed by atoms with Crippen LogP contribution in [0.1, 0.15) is 30.1 Å². The molecule has 0 amide bonds. The number of carbonyl (C=O) groups is 1. The van der Waals surface area contributed by atoms with Gasteiger partial charge in [-0.3, -0.25) is 0 Å². The molecule has 0 saturated carbocycles. The Bertz CT molecular complexity index is 604. The fraction of sp³-hybridized carbons (Fsp3) is 0.500. The third-order valence-corrected chi connectivity index (χ3v) is 5.33. The number of benzene rings is 1. The number of sulfonamides is 1. The highest BCUT2D eigenvalue weighted by molar-refractivity contribution is 7.89. The number of hydrogen-bond donors (Lipinski definition) is 2. The van der Waals surface area contributed by atoms with E-state index in [4.69, 9.17) is 0 Å². The smallest absolute Gasteiger partial charge is 0.337 e. The summed E-state index contributed by atoms with van der Waals surface area (Å²) in [7, 11) is -2.31. The second kappa shape index (κ2) is 6.13. The Morgan fingerprint density at radius 3 is 2.33 bits per heavy atom. The van der Waals surface area contributed by atoms with Crippen molar-refractivity contribution in [2.75, 3.05) is 20.2 Å². The largest absolute Gasteiger partial charge is 0.465 e. The van der Waals surface area contributed by atoms with E-state index in [9.17, 15) is 13.2 Å². The zero-order valence-corrected chi connectivity index (χ0v) is 13.0. The second-order valence-electron chi connectivity index (χ2n) is 5.43. The molecule has 1 aliphatic rings. The predicted molar refractivity (Wildman–Crippen MR) is 78.6 cm³/mol. The van der Waals surface area contributed by atoms with Crippen LogP contribution in [0.4, 0.5) is 0 Å². The molecule has 0 aromatic heterocycles. The van der Waals surface area contributed by atoms with E-state index in [0.29, 0.717) is 5.56 Å². The second-order valence-corrected chi connectivity index (χ2v) is 7.11. The van der Waals surface area contributed by atoms with Crippen LogP contribution in [0.2, 0.25) is 0 Å². The summed E-state index contributed by atoms with van der Waals surface area (Å²) in [6.45, 7) is 3.49. The number of piperidine rings is 1. The molecule has 1 fully saturated rings. The van der Waals surface area contributed by atoms with Crippen LogP contribution in [-0.4, -0.2) is 40.1 Å². The summed E-state index contributed by atoms with van der Waals surface area (Å²) >= 11 is 0. The first-order valence-electron chi connectivity index (χ1n) is 6.79. The first kappa shape index (κ1) is 15.9. The fourth-order valence-electron chi connectivity index (χ4n) is 2.35. The zero-order chi connectivity index (χ0) is 15.5. The van der Waals surface area contributed by atoms with Gasteiger partial charge in [0.15, 0.2) is 0 Å². The van der Waals surface area contributed by atoms with Gasteiger partial charge >= 0.3 is 5.97 Å². The van der Waals surface area contributed by atoms with E-state index >= 15 is 0 Å². The average molecular weight is 312 g/mol. The minimum Gasteiger partial charge on any atom is -0.465 e. The molecule has 0 bridgehead atoms. The van der Waals surface area contributed by atoms with Crippen LogP contribution in [0.5, 0.6) is 0 Å². The van der Waals surface area contributed by atoms with Crippen molar-refractivity contribution < 1.29 is 17.9 Å². The number of hydrogen-bond acceptors (Lipinski definition) is 5. The topological polar surface area (TPSA) is 84.5 Å². The first-order valence-corrected chi connectivity index (χ1v) is 8.28. The third-order valence-electron chi connectivity index (χ3n) is 3.67. The van der Waals surface area contributed by atoms with Crippen molar-refractivity contribution in [2.24, 2.45) is 0 Å². The van der Waals surface area contributed by atoms with Gasteiger partial charge in [-0.05, 0) is 57.1 Å². The highest BCUT2D eigenvalue weighted by Crippen LogP contribution is 2.21. The predicted octanol–water partition coefficient (Wildman–Crippen LogP) is 0.894. The molecule has 7 heteroatoms. The molecule has 1 heterocycles. The molecule has 0 aliphatic carbocycles. The van der Waals surface area contributed by atoms with Gasteiger partial charge in [-0.25, -0.2) is 17.9 Å². The Kier molecular flexibility index (Phi) is 4.65. The summed E-state index contributed by atoms with van der Waals surface area (Å²) in [6, 6.07) is 5.73. The fourth-order valence-corrected chi connectivity index (χ4v) is 3.82. The molecule has 0 spiro atoms. The van der Waals surface area contributed by atoms with Gasteiger partial charge in [0.05, 0.1) is 17.6 Å². The molecule has 1 saturated heterocycles. The van der Waals surface area contributed by atoms with Crippen LogP contribution < -0.4 is 10.0 Å². The van der Waals surface area contributed by atoms with E-state index in [1.54, 1.807) is 0 Å². The summed E-state index contributed by atoms with van der Waals surface area (Å²) in [5, 5.41) is 3.21. The van der Waals surface area contributed by atoms with Crippen LogP contribution in [0.3, 0.4) is 0 Å². The molecule has 2 rings (SSSR count). The summed E-state index contributed by atoms with van der Waals surface area (Å²) in [5.74, 6) is -0.489. The normalized spacial score (nSPS) is 18.2. The quantitative estimate of drug-likeness (QED) is 0.807. The van der Waals surface area contributed by atoms with Crippen molar-refractivity contribution in [3.8, 4) is 0 Å². The molecule has 0 radical (unpaired) electrons. The number of rotatable bonds is 4. The Labute approximate surface area is 124 Å². The molecule has 1 aliphatic heterocycles. The number of esters is 1. The summed E-state index contributed by atoms with van der Waals surface area (Å²) in [6.07, 6.45) is 1.49. The van der Waals surface area contributed by atoms with E-state index in [-0.39, 0.29) is 4.90 Å². The van der Waals surface area contributed by atoms with E-state index in [2.05, 4.69) is 14.8 Å². The van der Waals surface area contributed by atoms with Gasteiger partial charge in [-0.15, -0.1) is 0 Å². The monoisotopic (exact) mass is 312 g/mol. The number of carbonyl (C=O) groups excluding carboxylic acids is 1. The summed E-state index contributed by atoms with van der Waals surface area (Å²) in [4.78, 5) is 11.5. The van der Waals surface area contributed by atoms with Crippen LogP contribution >= 0.6 is 0 Å². The SMILES string of the molecule is COC(=O)c1ccc(S(=O)(=O)NC2(C)CCNCC2)cc1. The molecule has 1 aromatic rings. The van der Waals surface area contributed by atoms with Crippen molar-refractivity contribution in [1.29, 1.82) is 0 Å². The number of methoxy groups -OCH3 is 1. The lowest BCUT2D eigenvalue weighted by Crippen LogP contribution is -2.52. The van der Waals surface area contributed by atoms with Gasteiger partial charge in [0.25, 0.3) is 0 Å². The molecule has 116 valence electrons. The van der Waals surface area contributed by atoms with Gasteiger partial charge in [0.2, 0.25) is 10.0 Å². The highest BCUT2D eigenvalue weighted by Gasteiger charge is 2.32. The first-order chi connectivity index (χ1) is 9.86. The maximum atomic E-state index is 12.4. The van der Waals surface area contributed by atoms with Gasteiger partial charge in [0.1, 0.15) is 0 Å². The van der Waals surface area contributed by atoms with E-state index in [1.807, 2.05) is 6.92 Å². The number of ether oxygens (including phenoxy) is 1. The zero-order valence-electron chi connectivity index (χ0n) is 12.2. The van der Waals surface area contributed by atoms with Crippen molar-refractivity contribution in [3.63, 3.8) is 0 Å². The van der Waals surface area contributed by atoms with Crippen LogP contribution in [0, 0.1) is 0 Å². The lowest BCUT2D eigenvalue weighted by atomic mass is 9.92. The van der Waals surface area contributed by atoms with Gasteiger partial charge < -0.3 is 10.1 Å². The molecular formula is C14H20N2O4S. The van der Waals surface area contributed by atoms with Crippen molar-refractivity contribution in [2.45, 2.75) is 30.2 Å². The van der Waals surface area contributed by atoms with Crippen LogP contribution in [-0.2, 0) is 14.8 Å². The molecule has 0 atom stereocenters. The Hall–Kier alpha value is -1.44. The van der Waals surface area contributed by atoms with Gasteiger partial charge in [0, 0.05) is 5.54 Å². The van der Waals surface area contributed by atoms with Gasteiger partial charge in [-0.2, -0.15) is 0 Å². The third kappa shape index (κ3) is 3.81. The maximum absolute atomic E-state index is 12.4. The van der Waals surface area contributed by atoms with Crippen LogP contribution in [0.25, 0.3) is 0 Å². The highest BCUT2D eigenvalue weighted by atomic mass is 32.2. The molecule has 1 aromatic carbocycles. The van der Waals surface area contributed by atoms with E-state index in [0.717, 1.165) is 25.9 Å². The summed E-state index contributed by atoms with van der Waals surface area (Å²) in [5.41, 5.74) is -0.116. The van der Waals surface area contributed by atoms with E-state index in [1.165, 1.54) is 31.4 Å². The standard InChI is InChI=1S/C14H20N2O4S/c1-14(7-9-15-10-8-14)16-21(18,19)12-5-3-11(4-6-12)13(17)20-2/h3-6,15-16H,7-10H2,1-2H3. The Morgan fingerprint density at radius 1 is 1.24 bits per heavy atom. The molecule has 2 N–H and O–H groups in total. The molecular weight excluding hydrogens is 292 g/mol. The molecule has 21 heavy (non-hydrogen) atoms. The van der Waals surface area contributed by atoms with E-state index < -0.39 is 21.5 Å². The Morgan fingerprint density at radius 2 is 1.81 bits per heavy atom. The average Bonchev–Trinajstić information content (AvgIpc) is 2.46. The minimum atomic E-state index is -3.60.